The molecule has 0 spiro atoms. The van der Waals surface area contributed by atoms with Crippen molar-refractivity contribution in [1.29, 1.82) is 0 Å². The molecule has 23 heavy (non-hydrogen) atoms. The number of hydrogen-bond donors (Lipinski definition) is 0. The van der Waals surface area contributed by atoms with Crippen LogP contribution in [-0.2, 0) is 22.1 Å². The third kappa shape index (κ3) is 9.66. The molecule has 2 nitrogen and oxygen atoms in total. The van der Waals surface area contributed by atoms with E-state index in [1.807, 2.05) is 0 Å². The maximum atomic E-state index is 7.75. The second-order valence-corrected chi connectivity index (χ2v) is 7.61. The zero-order valence-corrected chi connectivity index (χ0v) is 17.6. The van der Waals surface area contributed by atoms with Gasteiger partial charge in [0, 0.05) is 6.16 Å². The van der Waals surface area contributed by atoms with Crippen molar-refractivity contribution in [2.24, 2.45) is 0 Å². The van der Waals surface area contributed by atoms with Crippen molar-refractivity contribution in [2.75, 3.05) is 25.4 Å². The van der Waals surface area contributed by atoms with Crippen LogP contribution in [0.1, 0.15) is 0 Å². The molecule has 0 saturated carbocycles. The van der Waals surface area contributed by atoms with E-state index in [0.717, 1.165) is 19.3 Å². The van der Waals surface area contributed by atoms with Crippen molar-refractivity contribution < 1.29 is 22.1 Å². The number of nitrogens with zero attached hydrogens (tertiary/aromatic N) is 1. The number of benzene rings is 2. The number of carbonyl (C=O) groups excluding carboxylic acids is 1. The van der Waals surface area contributed by atoms with Gasteiger partial charge in [0.05, 0.1) is 18.5 Å². The Bertz CT molecular complexity index is 451. The van der Waals surface area contributed by atoms with Crippen LogP contribution >= 0.6 is 26.9 Å². The number of rotatable bonds is 7. The van der Waals surface area contributed by atoms with E-state index in [1.54, 1.807) is 17.3 Å². The number of hydrogen-bond acceptors (Lipinski definition) is 1. The molecule has 0 N–H and O–H groups in total. The molecule has 1 atom stereocenters. The van der Waals surface area contributed by atoms with E-state index in [-0.39, 0.29) is 0 Å². The monoisotopic (exact) mass is 456 g/mol. The van der Waals surface area contributed by atoms with E-state index in [4.69, 9.17) is 4.79 Å². The standard InChI is InChI=1S/C16H20NP2.CHO.ClH.Ru.H/c18-13-11-17-12-14-19(15-7-3-1-4-8-15)16-9-5-2-6-10-16;1-2;;;/h1-10H,11-14,18H2;1H;1H;;/q2*-1;;+3;. The molecule has 0 aliphatic heterocycles. The molecule has 2 aromatic carbocycles. The third-order valence-corrected chi connectivity index (χ3v) is 6.09. The van der Waals surface area contributed by atoms with Gasteiger partial charge in [-0.1, -0.05) is 42.6 Å². The second kappa shape index (κ2) is 16.7. The summed E-state index contributed by atoms with van der Waals surface area (Å²) in [5.41, 5.74) is 0. The van der Waals surface area contributed by atoms with Crippen LogP contribution in [0.2, 0.25) is 0 Å². The summed E-state index contributed by atoms with van der Waals surface area (Å²) in [5, 5.41) is 7.56. The molecule has 0 bridgehead atoms. The van der Waals surface area contributed by atoms with E-state index in [9.17, 15) is 0 Å². The molecule has 0 saturated heterocycles. The molecule has 1 unspecified atom stereocenters. The van der Waals surface area contributed by atoms with Crippen LogP contribution in [-0.4, -0.2) is 32.2 Å². The van der Waals surface area contributed by atoms with Gasteiger partial charge in [-0.05, 0) is 24.3 Å². The van der Waals surface area contributed by atoms with Gasteiger partial charge in [-0.2, -0.15) is 0 Å². The van der Waals surface area contributed by atoms with E-state index in [1.165, 1.54) is 16.8 Å². The summed E-state index contributed by atoms with van der Waals surface area (Å²) >= 11 is 1.62. The van der Waals surface area contributed by atoms with Crippen LogP contribution in [0.15, 0.2) is 60.7 Å². The fourth-order valence-electron chi connectivity index (χ4n) is 2.13. The first-order chi connectivity index (χ1) is 11.4. The quantitative estimate of drug-likeness (QED) is 0.207. The Morgan fingerprint density at radius 3 is 1.74 bits per heavy atom. The fraction of sp³-hybridized carbons (Fsp3) is 0.235. The Labute approximate surface area is 157 Å². The molecular weight excluding hydrogens is 433 g/mol. The van der Waals surface area contributed by atoms with Crippen molar-refractivity contribution in [2.45, 2.75) is 0 Å². The molecule has 0 radical (unpaired) electrons. The summed E-state index contributed by atoms with van der Waals surface area (Å²) in [6, 6.07) is 21.8. The summed E-state index contributed by atoms with van der Waals surface area (Å²) in [6.45, 7) is 5.19. The van der Waals surface area contributed by atoms with E-state index in [0.29, 0.717) is 0 Å². The van der Waals surface area contributed by atoms with Crippen LogP contribution in [0.5, 0.6) is 0 Å². The Morgan fingerprint density at radius 1 is 0.913 bits per heavy atom. The van der Waals surface area contributed by atoms with E-state index in [2.05, 4.69) is 91.7 Å². The average molecular weight is 456 g/mol. The molecule has 0 aliphatic rings. The first kappa shape index (κ1) is 22.8. The summed E-state index contributed by atoms with van der Waals surface area (Å²) in [5.74, 6) is 0. The third-order valence-electron chi connectivity index (χ3n) is 3.05. The zero-order chi connectivity index (χ0) is 17.3. The van der Waals surface area contributed by atoms with Gasteiger partial charge < -0.3 is 10.1 Å². The first-order valence-electron chi connectivity index (χ1n) is 7.09. The predicted molar refractivity (Wildman–Crippen MR) is 107 cm³/mol. The van der Waals surface area contributed by atoms with Gasteiger partial charge in [0.15, 0.2) is 0 Å². The second-order valence-electron chi connectivity index (χ2n) is 4.42. The summed E-state index contributed by atoms with van der Waals surface area (Å²) in [4.78, 5) is 7.75. The Kier molecular flexibility index (Phi) is 16.6. The number of halogens is 1. The zero-order valence-electron chi connectivity index (χ0n) is 12.9. The van der Waals surface area contributed by atoms with E-state index >= 15 is 0 Å². The minimum absolute atomic E-state index is 0.681. The van der Waals surface area contributed by atoms with Crippen molar-refractivity contribution in [3.8, 4) is 0 Å². The van der Waals surface area contributed by atoms with E-state index < -0.39 is 7.92 Å². The SMILES string of the molecule is PCC[N-]CC[PH+](c1ccccc1)c1ccccc1.[CH-]=O.[Cl][RuH+2]. The molecule has 0 aromatic heterocycles. The normalized spacial score (nSPS) is 9.39. The first-order valence-corrected chi connectivity index (χ1v) is 12.0. The molecule has 0 heterocycles. The van der Waals surface area contributed by atoms with Crippen LogP contribution in [0.3, 0.4) is 0 Å². The predicted octanol–water partition coefficient (Wildman–Crippen LogP) is 3.25. The van der Waals surface area contributed by atoms with Gasteiger partial charge >= 0.3 is 27.0 Å². The Hall–Kier alpha value is -0.157. The molecule has 6 heteroatoms. The van der Waals surface area contributed by atoms with Crippen molar-refractivity contribution in [1.82, 2.24) is 0 Å². The topological polar surface area (TPSA) is 31.2 Å². The van der Waals surface area contributed by atoms with Crippen LogP contribution in [0, 0.1) is 0 Å². The molecule has 2 aromatic rings. The van der Waals surface area contributed by atoms with Gasteiger partial charge in [0.2, 0.25) is 0 Å². The van der Waals surface area contributed by atoms with Gasteiger partial charge in [-0.3, -0.25) is 6.79 Å². The minimum atomic E-state index is -0.681. The van der Waals surface area contributed by atoms with Gasteiger partial charge in [0.25, 0.3) is 0 Å². The molecule has 0 aliphatic carbocycles. The van der Waals surface area contributed by atoms with Gasteiger partial charge in [-0.15, -0.1) is 22.3 Å². The summed E-state index contributed by atoms with van der Waals surface area (Å²) < 4.78 is 0. The summed E-state index contributed by atoms with van der Waals surface area (Å²) in [6.07, 6.45) is 2.25. The Morgan fingerprint density at radius 2 is 1.35 bits per heavy atom. The summed E-state index contributed by atoms with van der Waals surface area (Å²) in [7, 11) is 6.66. The fourth-order valence-corrected chi connectivity index (χ4v) is 4.79. The maximum absolute atomic E-state index is 7.75. The van der Waals surface area contributed by atoms with Gasteiger partial charge in [0.1, 0.15) is 0 Å². The van der Waals surface area contributed by atoms with Crippen LogP contribution < -0.4 is 10.6 Å². The van der Waals surface area contributed by atoms with Crippen LogP contribution in [0.4, 0.5) is 0 Å². The van der Waals surface area contributed by atoms with Gasteiger partial charge in [-0.25, -0.2) is 0 Å². The Balaban J connectivity index is 0.00000112. The average Bonchev–Trinajstić information content (AvgIpc) is 2.66. The van der Waals surface area contributed by atoms with Crippen molar-refractivity contribution >= 4 is 44.3 Å². The molecule has 126 valence electrons. The molecular formula is C17H23ClNOP2Ru+. The van der Waals surface area contributed by atoms with Crippen LogP contribution in [0.25, 0.3) is 5.32 Å². The van der Waals surface area contributed by atoms with Crippen molar-refractivity contribution in [3.05, 3.63) is 66.0 Å². The molecule has 0 fully saturated rings. The molecule has 0 amide bonds. The van der Waals surface area contributed by atoms with Crippen molar-refractivity contribution in [3.63, 3.8) is 0 Å². The molecule has 2 rings (SSSR count).